The van der Waals surface area contributed by atoms with Gasteiger partial charge in [0.2, 0.25) is 0 Å². The topological polar surface area (TPSA) is 186 Å². The largest absolute Gasteiger partial charge is 0.270 e. The van der Waals surface area contributed by atoms with Gasteiger partial charge in [0.05, 0.1) is 44.5 Å². The Hall–Kier alpha value is -3.49. The summed E-state index contributed by atoms with van der Waals surface area (Å²) in [5.41, 5.74) is 2.63. The highest BCUT2D eigenvalue weighted by Crippen LogP contribution is 2.36. The lowest BCUT2D eigenvalue weighted by Crippen LogP contribution is -2.57. The van der Waals surface area contributed by atoms with Gasteiger partial charge in [0, 0.05) is 0 Å². The van der Waals surface area contributed by atoms with Gasteiger partial charge >= 0.3 is 0 Å². The van der Waals surface area contributed by atoms with E-state index in [1.807, 2.05) is 0 Å². The van der Waals surface area contributed by atoms with Gasteiger partial charge in [0.25, 0.3) is 50.2 Å². The fraction of sp³-hybridized carbons (Fsp3) is 0.314. The summed E-state index contributed by atoms with van der Waals surface area (Å²) in [6, 6.07) is 17.1. The number of benzene rings is 4. The van der Waals surface area contributed by atoms with Crippen molar-refractivity contribution in [3.05, 3.63) is 119 Å². The van der Waals surface area contributed by atoms with Crippen LogP contribution in [0.1, 0.15) is 42.0 Å². The molecule has 0 unspecified atom stereocenters. The maximum absolute atomic E-state index is 14.7. The predicted molar refractivity (Wildman–Crippen MR) is 200 cm³/mol. The molecule has 0 aromatic heterocycles. The van der Waals surface area contributed by atoms with Crippen LogP contribution in [0.5, 0.6) is 0 Å². The van der Waals surface area contributed by atoms with Gasteiger partial charge < -0.3 is 0 Å². The average Bonchev–Trinajstić information content (AvgIpc) is 3.06. The Balaban J connectivity index is 2.08. The first-order valence-corrected chi connectivity index (χ1v) is 23.8. The lowest BCUT2D eigenvalue weighted by atomic mass is 10.1. The van der Waals surface area contributed by atoms with Crippen LogP contribution >= 0.6 is 0 Å². The second-order valence-corrected chi connectivity index (χ2v) is 22.1. The van der Waals surface area contributed by atoms with Crippen LogP contribution < -0.4 is 0 Å². The molecular weight excluding hydrogens is 785 g/mol. The monoisotopic (exact) mass is 826 g/mol. The van der Waals surface area contributed by atoms with Crippen LogP contribution in [0.2, 0.25) is 0 Å². The van der Waals surface area contributed by atoms with Gasteiger partial charge in [-0.15, -0.1) is 0 Å². The summed E-state index contributed by atoms with van der Waals surface area (Å²) in [6.45, 7) is 7.31. The van der Waals surface area contributed by atoms with Gasteiger partial charge in [-0.2, -0.15) is 8.42 Å². The summed E-state index contributed by atoms with van der Waals surface area (Å²) in [4.78, 5) is -1.87. The Morgan fingerprint density at radius 1 is 0.472 bits per heavy atom. The van der Waals surface area contributed by atoms with Crippen molar-refractivity contribution in [1.29, 1.82) is 0 Å². The minimum atomic E-state index is -5.14. The summed E-state index contributed by atoms with van der Waals surface area (Å²) in [7, 11) is -24.5. The van der Waals surface area contributed by atoms with Crippen LogP contribution in [0.25, 0.3) is 0 Å². The molecule has 53 heavy (non-hydrogen) atoms. The molecule has 13 nitrogen and oxygen atoms in total. The van der Waals surface area contributed by atoms with E-state index >= 15 is 0 Å². The van der Waals surface area contributed by atoms with E-state index in [0.717, 1.165) is 13.2 Å². The first-order valence-electron chi connectivity index (χ1n) is 16.2. The molecule has 288 valence electrons. The molecule has 0 saturated heterocycles. The lowest BCUT2D eigenvalue weighted by Gasteiger charge is -2.38. The van der Waals surface area contributed by atoms with Crippen molar-refractivity contribution in [2.24, 2.45) is 0 Å². The Bertz CT molecular complexity index is 2320. The number of aryl methyl sites for hydroxylation is 4. The molecule has 0 radical (unpaired) electrons. The van der Waals surface area contributed by atoms with E-state index < -0.39 is 94.9 Å². The van der Waals surface area contributed by atoms with Crippen molar-refractivity contribution in [3.63, 3.8) is 0 Å². The molecule has 0 heterocycles. The molecule has 0 fully saturated rings. The highest BCUT2D eigenvalue weighted by molar-refractivity contribution is 8.04. The number of hydrogen-bond donors (Lipinski definition) is 0. The van der Waals surface area contributed by atoms with Crippen LogP contribution in [-0.4, -0.2) is 74.5 Å². The van der Waals surface area contributed by atoms with Gasteiger partial charge in [-0.25, -0.2) is 33.7 Å². The summed E-state index contributed by atoms with van der Waals surface area (Å²) in [5, 5.41) is 0. The third-order valence-electron chi connectivity index (χ3n) is 8.32. The number of nitrogens with zero attached hydrogens (tertiary/aromatic N) is 2. The fourth-order valence-corrected chi connectivity index (χ4v) is 14.2. The summed E-state index contributed by atoms with van der Waals surface area (Å²) >= 11 is 0. The molecule has 0 N–H and O–H groups in total. The van der Waals surface area contributed by atoms with Gasteiger partial charge in [0.15, 0.2) is 0 Å². The smallest absolute Gasteiger partial charge is 0.264 e. The van der Waals surface area contributed by atoms with Crippen molar-refractivity contribution >= 4 is 50.2 Å². The Labute approximate surface area is 313 Å². The Morgan fingerprint density at radius 3 is 1.00 bits per heavy atom. The van der Waals surface area contributed by atoms with E-state index in [2.05, 4.69) is 0 Å². The highest BCUT2D eigenvalue weighted by Gasteiger charge is 2.50. The minimum Gasteiger partial charge on any atom is -0.270 e. The number of sulfonamides is 4. The van der Waals surface area contributed by atoms with E-state index in [-0.39, 0.29) is 13.8 Å². The summed E-state index contributed by atoms with van der Waals surface area (Å²) in [5.74, 6) is 0. The quantitative estimate of drug-likeness (QED) is 0.111. The Kier molecular flexibility index (Phi) is 12.8. The van der Waals surface area contributed by atoms with Crippen molar-refractivity contribution < 1.29 is 46.3 Å². The minimum absolute atomic E-state index is 0.139. The van der Waals surface area contributed by atoms with E-state index in [9.17, 15) is 42.1 Å². The molecule has 0 aliphatic carbocycles. The molecule has 0 spiro atoms. The van der Waals surface area contributed by atoms with Crippen LogP contribution in [0, 0.1) is 27.7 Å². The fourth-order valence-electron chi connectivity index (χ4n) is 5.48. The molecule has 0 bridgehead atoms. The third kappa shape index (κ3) is 9.61. The maximum Gasteiger partial charge on any atom is 0.264 e. The van der Waals surface area contributed by atoms with Gasteiger partial charge in [-0.05, 0) is 96.0 Å². The molecule has 18 heteroatoms. The molecule has 4 aromatic rings. The molecule has 0 aliphatic heterocycles. The molecule has 0 saturated carbocycles. The average molecular weight is 827 g/mol. The Morgan fingerprint density at radius 2 is 0.736 bits per heavy atom. The molecule has 0 amide bonds. The van der Waals surface area contributed by atoms with E-state index in [1.165, 1.54) is 97.1 Å². The third-order valence-corrected chi connectivity index (χ3v) is 17.8. The summed E-state index contributed by atoms with van der Waals surface area (Å²) < 4.78 is 146. The molecule has 4 aromatic carbocycles. The zero-order valence-electron chi connectivity index (χ0n) is 29.9. The van der Waals surface area contributed by atoms with Crippen molar-refractivity contribution in [2.45, 2.75) is 79.1 Å². The first-order chi connectivity index (χ1) is 24.5. The zero-order valence-corrected chi connectivity index (χ0v) is 34.0. The van der Waals surface area contributed by atoms with E-state index in [1.54, 1.807) is 27.7 Å². The standard InChI is InChI=1S/C35H42N2O11S5/c1-26-9-17-31(18-10-26)50(40,41)36(51(42,43)32-19-11-27(2)12-20-32)30(5)35(8-7-25-48-49(6,38)39)37(52(44,45)33-21-13-28(3)14-22-33)53(46,47)34-23-15-29(4)16-24-34/h9-24,30,35H,7-8,25H2,1-6H3/t30-,35+/m0/s1. The second kappa shape index (κ2) is 16.1. The SMILES string of the molecule is Cc1ccc(S(=O)(=O)N([C@H](CCCOS(C)(=O)=O)[C@H](C)N(S(=O)(=O)c2ccc(C)cc2)S(=O)(=O)c2ccc(C)cc2)S(=O)(=O)c2ccc(C)cc2)cc1. The van der Waals surface area contributed by atoms with Crippen LogP contribution in [0.15, 0.2) is 117 Å². The second-order valence-electron chi connectivity index (χ2n) is 12.7. The van der Waals surface area contributed by atoms with Gasteiger partial charge in [-0.1, -0.05) is 78.2 Å². The van der Waals surface area contributed by atoms with Crippen LogP contribution in [0.3, 0.4) is 0 Å². The molecule has 2 atom stereocenters. The molecule has 0 aliphatic rings. The molecule has 4 rings (SSSR count). The normalized spacial score (nSPS) is 14.3. The number of hydrogen-bond acceptors (Lipinski definition) is 11. The van der Waals surface area contributed by atoms with Gasteiger partial charge in [0.1, 0.15) is 0 Å². The zero-order chi connectivity index (χ0) is 39.6. The number of rotatable bonds is 16. The van der Waals surface area contributed by atoms with Crippen molar-refractivity contribution in [3.8, 4) is 0 Å². The van der Waals surface area contributed by atoms with Crippen LogP contribution in [0.4, 0.5) is 0 Å². The predicted octanol–water partition coefficient (Wildman–Crippen LogP) is 4.89. The van der Waals surface area contributed by atoms with E-state index in [4.69, 9.17) is 4.18 Å². The molecular formula is C35H42N2O11S5. The highest BCUT2D eigenvalue weighted by atomic mass is 32.3. The summed E-state index contributed by atoms with van der Waals surface area (Å²) in [6.07, 6.45) is -0.127. The first kappa shape index (κ1) is 42.3. The van der Waals surface area contributed by atoms with Gasteiger partial charge in [-0.3, -0.25) is 4.18 Å². The lowest BCUT2D eigenvalue weighted by molar-refractivity contribution is 0.259. The van der Waals surface area contributed by atoms with Crippen LogP contribution in [-0.2, 0) is 54.4 Å². The maximum atomic E-state index is 14.7. The van der Waals surface area contributed by atoms with E-state index in [0.29, 0.717) is 22.3 Å². The van der Waals surface area contributed by atoms with Crippen molar-refractivity contribution in [1.82, 2.24) is 7.42 Å². The van der Waals surface area contributed by atoms with Crippen molar-refractivity contribution in [2.75, 3.05) is 12.9 Å².